The number of anilines is 1. The summed E-state index contributed by atoms with van der Waals surface area (Å²) >= 11 is 0. The van der Waals surface area contributed by atoms with Crippen molar-refractivity contribution in [1.82, 2.24) is 29.0 Å². The van der Waals surface area contributed by atoms with E-state index in [0.29, 0.717) is 47.0 Å². The third-order valence-corrected chi connectivity index (χ3v) is 6.89. The number of carbonyl (C=O) groups excluding carboxylic acids is 1. The molecular formula is C25H29F2N7O2. The average molecular weight is 498 g/mol. The van der Waals surface area contributed by atoms with E-state index >= 15 is 0 Å². The first kappa shape index (κ1) is 24.0. The van der Waals surface area contributed by atoms with Crippen LogP contribution in [0, 0.1) is 12.3 Å². The summed E-state index contributed by atoms with van der Waals surface area (Å²) in [5.41, 5.74) is 3.22. The fourth-order valence-corrected chi connectivity index (χ4v) is 5.23. The molecule has 0 atom stereocenters. The van der Waals surface area contributed by atoms with Crippen LogP contribution in [0.5, 0.6) is 5.88 Å². The van der Waals surface area contributed by atoms with Crippen molar-refractivity contribution in [3.05, 3.63) is 36.3 Å². The third-order valence-electron chi connectivity index (χ3n) is 6.89. The first-order chi connectivity index (χ1) is 17.1. The number of methoxy groups -OCH3 is 1. The van der Waals surface area contributed by atoms with Gasteiger partial charge in [0.25, 0.3) is 6.43 Å². The SMILES string of the molecule is COc1nc(NC2CC(C)(C(=O)N(C)C)C2)nn2ccc(-c3ccc4nc(C)n(CC(F)F)c4c3)c12. The van der Waals surface area contributed by atoms with Gasteiger partial charge >= 0.3 is 0 Å². The zero-order valence-corrected chi connectivity index (χ0v) is 20.9. The van der Waals surface area contributed by atoms with Crippen LogP contribution in [-0.2, 0) is 11.3 Å². The third kappa shape index (κ3) is 4.02. The fourth-order valence-electron chi connectivity index (χ4n) is 5.23. The van der Waals surface area contributed by atoms with E-state index in [1.54, 1.807) is 37.5 Å². The Bertz CT molecular complexity index is 1450. The van der Waals surface area contributed by atoms with Gasteiger partial charge < -0.3 is 19.5 Å². The number of halogens is 2. The number of aromatic nitrogens is 5. The van der Waals surface area contributed by atoms with Crippen LogP contribution < -0.4 is 10.1 Å². The summed E-state index contributed by atoms with van der Waals surface area (Å²) in [5.74, 6) is 1.45. The summed E-state index contributed by atoms with van der Waals surface area (Å²) in [4.78, 5) is 23.0. The van der Waals surface area contributed by atoms with Crippen molar-refractivity contribution in [2.24, 2.45) is 5.41 Å². The molecule has 5 rings (SSSR count). The Morgan fingerprint density at radius 3 is 2.69 bits per heavy atom. The fraction of sp³-hybridized carbons (Fsp3) is 0.440. The van der Waals surface area contributed by atoms with Gasteiger partial charge in [0.2, 0.25) is 17.7 Å². The number of hydrogen-bond donors (Lipinski definition) is 1. The molecule has 1 aliphatic rings. The van der Waals surface area contributed by atoms with Crippen molar-refractivity contribution in [2.75, 3.05) is 26.5 Å². The van der Waals surface area contributed by atoms with Crippen molar-refractivity contribution >= 4 is 28.4 Å². The Hall–Kier alpha value is -3.76. The number of hydrogen-bond acceptors (Lipinski definition) is 6. The number of nitrogens with zero attached hydrogens (tertiary/aromatic N) is 6. The molecule has 11 heteroatoms. The Morgan fingerprint density at radius 1 is 1.28 bits per heavy atom. The van der Waals surface area contributed by atoms with Crippen molar-refractivity contribution in [3.8, 4) is 17.0 Å². The number of amides is 1. The molecule has 0 aliphatic heterocycles. The Morgan fingerprint density at radius 2 is 2.03 bits per heavy atom. The van der Waals surface area contributed by atoms with Crippen molar-refractivity contribution < 1.29 is 18.3 Å². The van der Waals surface area contributed by atoms with Gasteiger partial charge in [-0.15, -0.1) is 5.10 Å². The lowest BCUT2D eigenvalue weighted by Gasteiger charge is -2.45. The summed E-state index contributed by atoms with van der Waals surface area (Å²) in [6.07, 6.45) is 0.716. The number of nitrogens with one attached hydrogen (secondary N) is 1. The molecular weight excluding hydrogens is 468 g/mol. The molecule has 3 heterocycles. The highest BCUT2D eigenvalue weighted by Crippen LogP contribution is 2.43. The molecule has 0 bridgehead atoms. The zero-order valence-electron chi connectivity index (χ0n) is 20.9. The minimum absolute atomic E-state index is 0.0804. The van der Waals surface area contributed by atoms with E-state index in [1.165, 1.54) is 4.57 Å². The molecule has 0 radical (unpaired) electrons. The maximum absolute atomic E-state index is 13.2. The maximum Gasteiger partial charge on any atom is 0.256 e. The number of rotatable bonds is 7. The molecule has 4 aromatic rings. The number of aryl methyl sites for hydroxylation is 1. The van der Waals surface area contributed by atoms with Crippen LogP contribution in [0.25, 0.3) is 27.7 Å². The largest absolute Gasteiger partial charge is 0.479 e. The highest BCUT2D eigenvalue weighted by atomic mass is 19.3. The van der Waals surface area contributed by atoms with E-state index < -0.39 is 13.0 Å². The first-order valence-electron chi connectivity index (χ1n) is 11.8. The highest BCUT2D eigenvalue weighted by molar-refractivity contribution is 5.90. The molecule has 1 saturated carbocycles. The number of benzene rings is 1. The highest BCUT2D eigenvalue weighted by Gasteiger charge is 2.47. The second-order valence-electron chi connectivity index (χ2n) is 9.84. The number of fused-ring (bicyclic) bond motifs is 2. The van der Waals surface area contributed by atoms with Crippen molar-refractivity contribution in [3.63, 3.8) is 0 Å². The Balaban J connectivity index is 1.46. The van der Waals surface area contributed by atoms with Crippen LogP contribution in [0.15, 0.2) is 30.5 Å². The summed E-state index contributed by atoms with van der Waals surface area (Å²) in [6.45, 7) is 3.29. The maximum atomic E-state index is 13.2. The van der Waals surface area contributed by atoms with E-state index in [4.69, 9.17) is 4.74 Å². The van der Waals surface area contributed by atoms with Gasteiger partial charge in [-0.1, -0.05) is 13.0 Å². The van der Waals surface area contributed by atoms with Crippen LogP contribution in [0.3, 0.4) is 0 Å². The lowest BCUT2D eigenvalue weighted by molar-refractivity contribution is -0.143. The van der Waals surface area contributed by atoms with E-state index in [0.717, 1.165) is 11.1 Å². The second kappa shape index (κ2) is 8.72. The molecule has 1 aromatic carbocycles. The normalized spacial score (nSPS) is 19.6. The van der Waals surface area contributed by atoms with E-state index in [1.807, 2.05) is 37.4 Å². The van der Waals surface area contributed by atoms with Gasteiger partial charge in [-0.05, 0) is 43.5 Å². The van der Waals surface area contributed by atoms with Gasteiger partial charge in [0.15, 0.2) is 0 Å². The van der Waals surface area contributed by atoms with Crippen LogP contribution in [0.2, 0.25) is 0 Å². The van der Waals surface area contributed by atoms with Gasteiger partial charge in [0.05, 0.1) is 30.1 Å². The molecule has 1 N–H and O–H groups in total. The monoisotopic (exact) mass is 497 g/mol. The molecule has 1 fully saturated rings. The summed E-state index contributed by atoms with van der Waals surface area (Å²) in [5, 5.41) is 7.92. The predicted octanol–water partition coefficient (Wildman–Crippen LogP) is 4.00. The van der Waals surface area contributed by atoms with Crippen molar-refractivity contribution in [2.45, 2.75) is 45.7 Å². The lowest BCUT2D eigenvalue weighted by atomic mass is 9.66. The van der Waals surface area contributed by atoms with Gasteiger partial charge in [-0.25, -0.2) is 18.3 Å². The van der Waals surface area contributed by atoms with Crippen molar-refractivity contribution in [1.29, 1.82) is 0 Å². The van der Waals surface area contributed by atoms with Gasteiger partial charge in [0, 0.05) is 31.9 Å². The minimum Gasteiger partial charge on any atom is -0.479 e. The molecule has 3 aromatic heterocycles. The number of carbonyl (C=O) groups is 1. The zero-order chi connectivity index (χ0) is 25.8. The van der Waals surface area contributed by atoms with Crippen LogP contribution >= 0.6 is 0 Å². The molecule has 0 spiro atoms. The van der Waals surface area contributed by atoms with Gasteiger partial charge in [-0.2, -0.15) is 4.98 Å². The predicted molar refractivity (Wildman–Crippen MR) is 132 cm³/mol. The first-order valence-corrected chi connectivity index (χ1v) is 11.8. The van der Waals surface area contributed by atoms with E-state index in [-0.39, 0.29) is 17.4 Å². The second-order valence-corrected chi connectivity index (χ2v) is 9.84. The number of ether oxygens (including phenoxy) is 1. The number of imidazole rings is 1. The van der Waals surface area contributed by atoms with E-state index in [2.05, 4.69) is 20.4 Å². The quantitative estimate of drug-likeness (QED) is 0.415. The summed E-state index contributed by atoms with van der Waals surface area (Å²) in [7, 11) is 5.08. The van der Waals surface area contributed by atoms with Gasteiger partial charge in [-0.3, -0.25) is 4.79 Å². The summed E-state index contributed by atoms with van der Waals surface area (Å²) in [6, 6.07) is 7.56. The molecule has 0 saturated heterocycles. The standard InChI is InChI=1S/C25H29F2N7O2/c1-14-28-18-7-6-15(10-19(18)33(14)13-20(26)27)17-8-9-34-21(17)22(36-5)30-24(31-34)29-16-11-25(2,12-16)23(35)32(3)4/h6-10,16,20H,11-13H2,1-5H3,(H,29,31). The van der Waals surface area contributed by atoms with E-state index in [9.17, 15) is 13.6 Å². The topological polar surface area (TPSA) is 89.6 Å². The Kier molecular flexibility index (Phi) is 5.80. The minimum atomic E-state index is -2.48. The molecule has 190 valence electrons. The molecule has 9 nitrogen and oxygen atoms in total. The van der Waals surface area contributed by atoms with Crippen LogP contribution in [0.1, 0.15) is 25.6 Å². The number of alkyl halides is 2. The van der Waals surface area contributed by atoms with Crippen LogP contribution in [0.4, 0.5) is 14.7 Å². The molecule has 36 heavy (non-hydrogen) atoms. The summed E-state index contributed by atoms with van der Waals surface area (Å²) < 4.78 is 35.1. The smallest absolute Gasteiger partial charge is 0.256 e. The molecule has 0 unspecified atom stereocenters. The Labute approximate surface area is 207 Å². The van der Waals surface area contributed by atoms with Gasteiger partial charge in [0.1, 0.15) is 11.3 Å². The van der Waals surface area contributed by atoms with Crippen LogP contribution in [-0.4, -0.2) is 68.6 Å². The molecule has 1 amide bonds. The molecule has 1 aliphatic carbocycles. The average Bonchev–Trinajstić information content (AvgIpc) is 3.37. The lowest BCUT2D eigenvalue weighted by Crippen LogP contribution is -2.52.